The number of carbonyl (C=O) groups excluding carboxylic acids is 1. The van der Waals surface area contributed by atoms with Crippen LogP contribution in [0.2, 0.25) is 0 Å². The van der Waals surface area contributed by atoms with Gasteiger partial charge in [0.25, 0.3) is 0 Å². The Bertz CT molecular complexity index is 196. The standard InChI is InChI=1S/C11H19NO/c1-5-8-11(13)9-12(4)10(6-2)7-3/h5-6,8,10H,2,7,9H2,1,3-4H3/b8-5+/t10-/m0/s1. The highest BCUT2D eigenvalue weighted by Crippen LogP contribution is 2.02. The molecule has 0 unspecified atom stereocenters. The highest BCUT2D eigenvalue weighted by Gasteiger charge is 2.10. The van der Waals surface area contributed by atoms with Crippen molar-refractivity contribution < 1.29 is 4.79 Å². The van der Waals surface area contributed by atoms with Crippen LogP contribution in [0.15, 0.2) is 24.8 Å². The van der Waals surface area contributed by atoms with Crippen molar-refractivity contribution in [3.8, 4) is 0 Å². The summed E-state index contributed by atoms with van der Waals surface area (Å²) >= 11 is 0. The quantitative estimate of drug-likeness (QED) is 0.461. The van der Waals surface area contributed by atoms with Gasteiger partial charge in [-0.2, -0.15) is 0 Å². The van der Waals surface area contributed by atoms with Crippen molar-refractivity contribution >= 4 is 5.78 Å². The van der Waals surface area contributed by atoms with Crippen LogP contribution in [-0.4, -0.2) is 30.3 Å². The lowest BCUT2D eigenvalue weighted by molar-refractivity contribution is -0.115. The molecule has 0 aromatic heterocycles. The highest BCUT2D eigenvalue weighted by molar-refractivity contribution is 5.91. The number of hydrogen-bond acceptors (Lipinski definition) is 2. The van der Waals surface area contributed by atoms with Crippen molar-refractivity contribution in [1.82, 2.24) is 4.90 Å². The largest absolute Gasteiger partial charge is 0.293 e. The second-order valence-corrected chi connectivity index (χ2v) is 3.09. The highest BCUT2D eigenvalue weighted by atomic mass is 16.1. The molecule has 0 aromatic carbocycles. The first-order valence-electron chi connectivity index (χ1n) is 4.64. The molecule has 0 aromatic rings. The van der Waals surface area contributed by atoms with Gasteiger partial charge in [-0.1, -0.05) is 19.1 Å². The molecule has 0 N–H and O–H groups in total. The van der Waals surface area contributed by atoms with Gasteiger partial charge >= 0.3 is 0 Å². The Labute approximate surface area is 80.9 Å². The molecule has 0 aliphatic rings. The van der Waals surface area contributed by atoms with Crippen molar-refractivity contribution in [2.45, 2.75) is 26.3 Å². The minimum absolute atomic E-state index is 0.144. The van der Waals surface area contributed by atoms with Crippen LogP contribution in [0.25, 0.3) is 0 Å². The third-order valence-corrected chi connectivity index (χ3v) is 2.01. The minimum Gasteiger partial charge on any atom is -0.293 e. The van der Waals surface area contributed by atoms with E-state index in [1.54, 1.807) is 12.2 Å². The Morgan fingerprint density at radius 3 is 2.62 bits per heavy atom. The van der Waals surface area contributed by atoms with Gasteiger partial charge in [0.2, 0.25) is 0 Å². The molecule has 0 saturated carbocycles. The predicted molar refractivity (Wildman–Crippen MR) is 56.7 cm³/mol. The number of nitrogens with zero attached hydrogens (tertiary/aromatic N) is 1. The fraction of sp³-hybridized carbons (Fsp3) is 0.545. The van der Waals surface area contributed by atoms with Crippen molar-refractivity contribution in [1.29, 1.82) is 0 Å². The first-order valence-corrected chi connectivity index (χ1v) is 4.64. The third kappa shape index (κ3) is 4.63. The van der Waals surface area contributed by atoms with Gasteiger partial charge in [0.1, 0.15) is 0 Å². The Morgan fingerprint density at radius 2 is 2.23 bits per heavy atom. The molecule has 0 spiro atoms. The molecule has 2 nitrogen and oxygen atoms in total. The van der Waals surface area contributed by atoms with E-state index in [0.717, 1.165) is 6.42 Å². The number of rotatable bonds is 6. The van der Waals surface area contributed by atoms with E-state index in [2.05, 4.69) is 13.5 Å². The zero-order valence-electron chi connectivity index (χ0n) is 8.79. The topological polar surface area (TPSA) is 20.3 Å². The van der Waals surface area contributed by atoms with E-state index in [-0.39, 0.29) is 5.78 Å². The second kappa shape index (κ2) is 6.61. The van der Waals surface area contributed by atoms with E-state index >= 15 is 0 Å². The maximum Gasteiger partial charge on any atom is 0.169 e. The first kappa shape index (κ1) is 12.1. The van der Waals surface area contributed by atoms with Gasteiger partial charge in [0.15, 0.2) is 5.78 Å². The Hall–Kier alpha value is -0.890. The van der Waals surface area contributed by atoms with Gasteiger partial charge in [0, 0.05) is 6.04 Å². The van der Waals surface area contributed by atoms with Gasteiger partial charge < -0.3 is 0 Å². The van der Waals surface area contributed by atoms with E-state index in [0.29, 0.717) is 12.6 Å². The molecule has 0 aliphatic heterocycles. The molecular weight excluding hydrogens is 162 g/mol. The first-order chi connectivity index (χ1) is 6.15. The van der Waals surface area contributed by atoms with Gasteiger partial charge in [-0.05, 0) is 26.5 Å². The van der Waals surface area contributed by atoms with Gasteiger partial charge in [-0.3, -0.25) is 9.69 Å². The summed E-state index contributed by atoms with van der Waals surface area (Å²) in [5.41, 5.74) is 0. The average molecular weight is 181 g/mol. The smallest absolute Gasteiger partial charge is 0.169 e. The van der Waals surface area contributed by atoms with E-state index in [1.807, 2.05) is 24.9 Å². The molecular formula is C11H19NO. The summed E-state index contributed by atoms with van der Waals surface area (Å²) in [5, 5.41) is 0. The molecule has 13 heavy (non-hydrogen) atoms. The summed E-state index contributed by atoms with van der Waals surface area (Å²) in [6.45, 7) is 8.14. The summed E-state index contributed by atoms with van der Waals surface area (Å²) in [7, 11) is 1.94. The van der Waals surface area contributed by atoms with Crippen molar-refractivity contribution in [3.63, 3.8) is 0 Å². The van der Waals surface area contributed by atoms with E-state index in [1.165, 1.54) is 0 Å². The molecule has 0 amide bonds. The van der Waals surface area contributed by atoms with E-state index < -0.39 is 0 Å². The van der Waals surface area contributed by atoms with E-state index in [9.17, 15) is 4.79 Å². The average Bonchev–Trinajstić information content (AvgIpc) is 2.06. The zero-order valence-corrected chi connectivity index (χ0v) is 8.79. The summed E-state index contributed by atoms with van der Waals surface area (Å²) in [4.78, 5) is 13.2. The molecule has 0 aliphatic carbocycles. The fourth-order valence-corrected chi connectivity index (χ4v) is 1.26. The molecule has 0 fully saturated rings. The Kier molecular flexibility index (Phi) is 6.15. The lowest BCUT2D eigenvalue weighted by atomic mass is 10.2. The van der Waals surface area contributed by atoms with Crippen LogP contribution in [0.4, 0.5) is 0 Å². The number of likely N-dealkylation sites (N-methyl/N-ethyl adjacent to an activating group) is 1. The molecule has 0 rings (SSSR count). The molecule has 2 heteroatoms. The lowest BCUT2D eigenvalue weighted by Crippen LogP contribution is -2.33. The lowest BCUT2D eigenvalue weighted by Gasteiger charge is -2.22. The Morgan fingerprint density at radius 1 is 1.62 bits per heavy atom. The van der Waals surface area contributed by atoms with Crippen LogP contribution in [0, 0.1) is 0 Å². The van der Waals surface area contributed by atoms with Crippen LogP contribution in [0.5, 0.6) is 0 Å². The van der Waals surface area contributed by atoms with Gasteiger partial charge in [-0.25, -0.2) is 0 Å². The van der Waals surface area contributed by atoms with Crippen molar-refractivity contribution in [2.75, 3.05) is 13.6 Å². The third-order valence-electron chi connectivity index (χ3n) is 2.01. The van der Waals surface area contributed by atoms with Crippen LogP contribution in [-0.2, 0) is 4.79 Å². The van der Waals surface area contributed by atoms with Crippen LogP contribution < -0.4 is 0 Å². The van der Waals surface area contributed by atoms with Crippen LogP contribution in [0.3, 0.4) is 0 Å². The van der Waals surface area contributed by atoms with Gasteiger partial charge in [-0.15, -0.1) is 6.58 Å². The summed E-state index contributed by atoms with van der Waals surface area (Å²) in [6, 6.07) is 0.300. The van der Waals surface area contributed by atoms with Gasteiger partial charge in [0.05, 0.1) is 6.54 Å². The van der Waals surface area contributed by atoms with E-state index in [4.69, 9.17) is 0 Å². The van der Waals surface area contributed by atoms with Crippen molar-refractivity contribution in [2.24, 2.45) is 0 Å². The number of allylic oxidation sites excluding steroid dienone is 1. The number of hydrogen-bond donors (Lipinski definition) is 0. The molecule has 74 valence electrons. The molecule has 0 saturated heterocycles. The number of carbonyl (C=O) groups is 1. The molecule has 0 heterocycles. The van der Waals surface area contributed by atoms with Crippen LogP contribution in [0.1, 0.15) is 20.3 Å². The summed E-state index contributed by atoms with van der Waals surface area (Å²) < 4.78 is 0. The zero-order chi connectivity index (χ0) is 10.3. The monoisotopic (exact) mass is 181 g/mol. The molecule has 0 bridgehead atoms. The maximum absolute atomic E-state index is 11.2. The molecule has 0 radical (unpaired) electrons. The summed E-state index contributed by atoms with van der Waals surface area (Å²) in [5.74, 6) is 0.144. The second-order valence-electron chi connectivity index (χ2n) is 3.09. The normalized spacial score (nSPS) is 13.5. The molecule has 1 atom stereocenters. The predicted octanol–water partition coefficient (Wildman–Crippen LogP) is 2.03. The van der Waals surface area contributed by atoms with Crippen LogP contribution >= 0.6 is 0 Å². The number of ketones is 1. The van der Waals surface area contributed by atoms with Crippen molar-refractivity contribution in [3.05, 3.63) is 24.8 Å². The fourth-order valence-electron chi connectivity index (χ4n) is 1.26. The summed E-state index contributed by atoms with van der Waals surface area (Å²) in [6.07, 6.45) is 6.24. The maximum atomic E-state index is 11.2. The minimum atomic E-state index is 0.144. The SMILES string of the molecule is C=C[C@@H](CC)N(C)CC(=O)/C=C/C. The Balaban J connectivity index is 4.04.